The van der Waals surface area contributed by atoms with E-state index in [-0.39, 0.29) is 11.7 Å². The maximum Gasteiger partial charge on any atom is 0.272 e. The number of fused-ring (bicyclic) bond motifs is 1. The van der Waals surface area contributed by atoms with E-state index >= 15 is 0 Å². The van der Waals surface area contributed by atoms with Crippen molar-refractivity contribution in [2.45, 2.75) is 31.9 Å². The van der Waals surface area contributed by atoms with Crippen LogP contribution in [-0.2, 0) is 26.4 Å². The van der Waals surface area contributed by atoms with Gasteiger partial charge < -0.3 is 10.4 Å². The second-order valence-electron chi connectivity index (χ2n) is 5.60. The van der Waals surface area contributed by atoms with Gasteiger partial charge in [0.1, 0.15) is 5.82 Å². The topological polar surface area (TPSA) is 67.2 Å². The molecule has 6 heteroatoms. The van der Waals surface area contributed by atoms with E-state index < -0.39 is 6.10 Å². The highest BCUT2D eigenvalue weighted by molar-refractivity contribution is 5.94. The van der Waals surface area contributed by atoms with Crippen LogP contribution in [0.5, 0.6) is 0 Å². The Morgan fingerprint density at radius 2 is 2.18 bits per heavy atom. The van der Waals surface area contributed by atoms with Crippen LogP contribution in [0.15, 0.2) is 24.3 Å². The molecule has 1 amide bonds. The molecule has 5 nitrogen and oxygen atoms in total. The summed E-state index contributed by atoms with van der Waals surface area (Å²) in [4.78, 5) is 12.3. The lowest BCUT2D eigenvalue weighted by Crippen LogP contribution is -2.26. The van der Waals surface area contributed by atoms with Gasteiger partial charge in [-0.3, -0.25) is 9.48 Å². The first kappa shape index (κ1) is 14.7. The van der Waals surface area contributed by atoms with Gasteiger partial charge in [0.15, 0.2) is 5.69 Å². The average Bonchev–Trinajstić information content (AvgIpc) is 2.83. The van der Waals surface area contributed by atoms with Gasteiger partial charge in [-0.1, -0.05) is 12.1 Å². The summed E-state index contributed by atoms with van der Waals surface area (Å²) in [7, 11) is 1.81. The molecular weight excluding hydrogens is 285 g/mol. The van der Waals surface area contributed by atoms with E-state index in [1.165, 1.54) is 12.1 Å². The second kappa shape index (κ2) is 5.88. The minimum Gasteiger partial charge on any atom is -0.393 e. The molecule has 1 unspecified atom stereocenters. The Kier molecular flexibility index (Phi) is 3.94. The lowest BCUT2D eigenvalue weighted by atomic mass is 9.93. The number of benzene rings is 1. The van der Waals surface area contributed by atoms with Crippen LogP contribution in [0.1, 0.15) is 33.7 Å². The van der Waals surface area contributed by atoms with Crippen molar-refractivity contribution in [2.75, 3.05) is 0 Å². The third kappa shape index (κ3) is 2.87. The zero-order valence-electron chi connectivity index (χ0n) is 12.3. The van der Waals surface area contributed by atoms with E-state index in [1.54, 1.807) is 16.8 Å². The normalized spacial score (nSPS) is 17.1. The molecule has 2 N–H and O–H groups in total. The first-order chi connectivity index (χ1) is 10.5. The van der Waals surface area contributed by atoms with Gasteiger partial charge in [0.2, 0.25) is 0 Å². The van der Waals surface area contributed by atoms with Gasteiger partial charge in [-0.15, -0.1) is 0 Å². The molecule has 0 saturated heterocycles. The number of aromatic nitrogens is 2. The van der Waals surface area contributed by atoms with Gasteiger partial charge in [-0.05, 0) is 30.5 Å². The van der Waals surface area contributed by atoms with Crippen molar-refractivity contribution in [1.82, 2.24) is 15.1 Å². The van der Waals surface area contributed by atoms with Gasteiger partial charge >= 0.3 is 0 Å². The summed E-state index contributed by atoms with van der Waals surface area (Å²) in [5.41, 5.74) is 3.04. The molecule has 0 fully saturated rings. The number of hydrogen-bond acceptors (Lipinski definition) is 3. The molecule has 0 spiro atoms. The number of nitrogens with zero attached hydrogens (tertiary/aromatic N) is 2. The standard InChI is InChI=1S/C16H18FN3O2/c1-20-14-7-6-12(21)8-13(14)15(19-20)16(22)18-9-10-2-4-11(17)5-3-10/h2-5,12,21H,6-9H2,1H3,(H,18,22). The molecule has 1 heterocycles. The number of hydrogen-bond donors (Lipinski definition) is 2. The Labute approximate surface area is 127 Å². The number of aliphatic hydroxyl groups is 1. The molecule has 1 aliphatic rings. The van der Waals surface area contributed by atoms with E-state index in [2.05, 4.69) is 10.4 Å². The molecule has 1 atom stereocenters. The number of aryl methyl sites for hydroxylation is 1. The predicted molar refractivity (Wildman–Crippen MR) is 78.8 cm³/mol. The van der Waals surface area contributed by atoms with Gasteiger partial charge in [-0.2, -0.15) is 5.10 Å². The molecule has 0 aliphatic heterocycles. The first-order valence-electron chi connectivity index (χ1n) is 7.30. The molecule has 116 valence electrons. The summed E-state index contributed by atoms with van der Waals surface area (Å²) < 4.78 is 14.6. The third-order valence-corrected chi connectivity index (χ3v) is 4.01. The van der Waals surface area contributed by atoms with Crippen LogP contribution in [0.3, 0.4) is 0 Å². The number of carbonyl (C=O) groups excluding carboxylic acids is 1. The van der Waals surface area contributed by atoms with Crippen LogP contribution in [0.2, 0.25) is 0 Å². The maximum atomic E-state index is 12.9. The molecule has 22 heavy (non-hydrogen) atoms. The van der Waals surface area contributed by atoms with E-state index in [9.17, 15) is 14.3 Å². The van der Waals surface area contributed by atoms with Crippen LogP contribution in [0.4, 0.5) is 4.39 Å². The van der Waals surface area contributed by atoms with Crippen LogP contribution in [0, 0.1) is 5.82 Å². The fraction of sp³-hybridized carbons (Fsp3) is 0.375. The molecular formula is C16H18FN3O2. The highest BCUT2D eigenvalue weighted by Crippen LogP contribution is 2.24. The van der Waals surface area contributed by atoms with Gasteiger partial charge in [0.25, 0.3) is 5.91 Å². The van der Waals surface area contributed by atoms with Crippen molar-refractivity contribution in [3.63, 3.8) is 0 Å². The zero-order valence-corrected chi connectivity index (χ0v) is 12.3. The number of amides is 1. The monoisotopic (exact) mass is 303 g/mol. The quantitative estimate of drug-likeness (QED) is 0.899. The fourth-order valence-electron chi connectivity index (χ4n) is 2.82. The van der Waals surface area contributed by atoms with E-state index in [1.807, 2.05) is 7.05 Å². The molecule has 1 aromatic carbocycles. The maximum absolute atomic E-state index is 12.9. The Bertz CT molecular complexity index is 694. The Balaban J connectivity index is 1.74. The minimum atomic E-state index is -0.416. The predicted octanol–water partition coefficient (Wildman–Crippen LogP) is 1.34. The minimum absolute atomic E-state index is 0.268. The van der Waals surface area contributed by atoms with Crippen LogP contribution in [-0.4, -0.2) is 26.9 Å². The van der Waals surface area contributed by atoms with Gasteiger partial charge in [-0.25, -0.2) is 4.39 Å². The Hall–Kier alpha value is -2.21. The second-order valence-corrected chi connectivity index (χ2v) is 5.60. The number of rotatable bonds is 3. The number of carbonyl (C=O) groups is 1. The van der Waals surface area contributed by atoms with Gasteiger partial charge in [0.05, 0.1) is 6.10 Å². The molecule has 1 aromatic heterocycles. The van der Waals surface area contributed by atoms with Crippen molar-refractivity contribution in [3.05, 3.63) is 52.6 Å². The molecule has 2 aromatic rings. The average molecular weight is 303 g/mol. The van der Waals surface area contributed by atoms with Crippen LogP contribution >= 0.6 is 0 Å². The lowest BCUT2D eigenvalue weighted by molar-refractivity contribution is 0.0943. The summed E-state index contributed by atoms with van der Waals surface area (Å²) in [6, 6.07) is 5.99. The van der Waals surface area contributed by atoms with E-state index in [0.29, 0.717) is 25.1 Å². The number of aliphatic hydroxyl groups excluding tert-OH is 1. The van der Waals surface area contributed by atoms with Crippen molar-refractivity contribution < 1.29 is 14.3 Å². The smallest absolute Gasteiger partial charge is 0.272 e. The van der Waals surface area contributed by atoms with Crippen molar-refractivity contribution in [1.29, 1.82) is 0 Å². The highest BCUT2D eigenvalue weighted by atomic mass is 19.1. The van der Waals surface area contributed by atoms with Gasteiger partial charge in [0, 0.05) is 31.3 Å². The van der Waals surface area contributed by atoms with E-state index in [0.717, 1.165) is 23.2 Å². The summed E-state index contributed by atoms with van der Waals surface area (Å²) in [5.74, 6) is -0.571. The van der Waals surface area contributed by atoms with Crippen molar-refractivity contribution in [2.24, 2.45) is 7.05 Å². The summed E-state index contributed by atoms with van der Waals surface area (Å²) in [6.07, 6.45) is 1.47. The molecule has 1 aliphatic carbocycles. The third-order valence-electron chi connectivity index (χ3n) is 4.01. The lowest BCUT2D eigenvalue weighted by Gasteiger charge is -2.18. The summed E-state index contributed by atoms with van der Waals surface area (Å²) >= 11 is 0. The summed E-state index contributed by atoms with van der Waals surface area (Å²) in [6.45, 7) is 0.313. The summed E-state index contributed by atoms with van der Waals surface area (Å²) in [5, 5.41) is 16.9. The molecule has 0 saturated carbocycles. The Morgan fingerprint density at radius 3 is 2.91 bits per heavy atom. The number of nitrogens with one attached hydrogen (secondary N) is 1. The van der Waals surface area contributed by atoms with Crippen molar-refractivity contribution in [3.8, 4) is 0 Å². The largest absolute Gasteiger partial charge is 0.393 e. The Morgan fingerprint density at radius 1 is 1.45 bits per heavy atom. The zero-order chi connectivity index (χ0) is 15.7. The molecule has 3 rings (SSSR count). The van der Waals surface area contributed by atoms with Crippen LogP contribution < -0.4 is 5.32 Å². The SMILES string of the molecule is Cn1nc(C(=O)NCc2ccc(F)cc2)c2c1CCC(O)C2. The van der Waals surface area contributed by atoms with Crippen molar-refractivity contribution >= 4 is 5.91 Å². The first-order valence-corrected chi connectivity index (χ1v) is 7.30. The van der Waals surface area contributed by atoms with Crippen LogP contribution in [0.25, 0.3) is 0 Å². The molecule has 0 radical (unpaired) electrons. The highest BCUT2D eigenvalue weighted by Gasteiger charge is 2.27. The molecule has 0 bridgehead atoms. The fourth-order valence-corrected chi connectivity index (χ4v) is 2.82. The van der Waals surface area contributed by atoms with E-state index in [4.69, 9.17) is 0 Å². The number of halogens is 1.